The Bertz CT molecular complexity index is 912. The number of nitrogens with zero attached hydrogens (tertiary/aromatic N) is 6. The molecule has 4 heterocycles. The van der Waals surface area contributed by atoms with Crippen molar-refractivity contribution in [1.29, 1.82) is 0 Å². The van der Waals surface area contributed by atoms with Gasteiger partial charge >= 0.3 is 0 Å². The van der Waals surface area contributed by atoms with E-state index >= 15 is 0 Å². The molecule has 1 saturated heterocycles. The summed E-state index contributed by atoms with van der Waals surface area (Å²) in [7, 11) is 1.82. The van der Waals surface area contributed by atoms with Crippen LogP contribution in [0.4, 0.5) is 14.6 Å². The Kier molecular flexibility index (Phi) is 3.63. The van der Waals surface area contributed by atoms with Crippen LogP contribution in [0.1, 0.15) is 18.5 Å². The van der Waals surface area contributed by atoms with Crippen LogP contribution in [0.2, 0.25) is 0 Å². The molecule has 0 aliphatic carbocycles. The predicted octanol–water partition coefficient (Wildman–Crippen LogP) is 2.97. The quantitative estimate of drug-likeness (QED) is 0.715. The Morgan fingerprint density at radius 3 is 2.56 bits per heavy atom. The van der Waals surface area contributed by atoms with Gasteiger partial charge in [-0.25, -0.2) is 18.7 Å². The van der Waals surface area contributed by atoms with Crippen molar-refractivity contribution in [3.63, 3.8) is 0 Å². The van der Waals surface area contributed by atoms with Crippen LogP contribution in [0.25, 0.3) is 22.6 Å². The second-order valence-electron chi connectivity index (χ2n) is 6.34. The summed E-state index contributed by atoms with van der Waals surface area (Å²) in [6, 6.07) is 5.52. The van der Waals surface area contributed by atoms with Gasteiger partial charge < -0.3 is 4.90 Å². The van der Waals surface area contributed by atoms with Crippen LogP contribution >= 0.6 is 0 Å². The number of fused-ring (bicyclic) bond motifs is 1. The maximum atomic E-state index is 13.5. The van der Waals surface area contributed by atoms with Crippen LogP contribution in [-0.4, -0.2) is 43.7 Å². The van der Waals surface area contributed by atoms with Gasteiger partial charge in [0.1, 0.15) is 11.5 Å². The lowest BCUT2D eigenvalue weighted by molar-refractivity contribution is -0.0221. The average Bonchev–Trinajstić information content (AvgIpc) is 2.89. The molecule has 0 aromatic carbocycles. The van der Waals surface area contributed by atoms with Gasteiger partial charge in [-0.15, -0.1) is 0 Å². The third-order valence-electron chi connectivity index (χ3n) is 4.53. The molecule has 0 atom stereocenters. The highest BCUT2D eigenvalue weighted by Gasteiger charge is 2.35. The Morgan fingerprint density at radius 1 is 1.12 bits per heavy atom. The first-order valence-electron chi connectivity index (χ1n) is 8.20. The summed E-state index contributed by atoms with van der Waals surface area (Å²) in [5.74, 6) is -1.47. The highest BCUT2D eigenvalue weighted by Crippen LogP contribution is 2.34. The monoisotopic (exact) mass is 344 g/mol. The van der Waals surface area contributed by atoms with E-state index in [9.17, 15) is 8.78 Å². The minimum absolute atomic E-state index is 0.170. The molecule has 130 valence electrons. The highest BCUT2D eigenvalue weighted by atomic mass is 19.3. The smallest absolute Gasteiger partial charge is 0.251 e. The summed E-state index contributed by atoms with van der Waals surface area (Å²) in [6.07, 6.45) is 1.34. The van der Waals surface area contributed by atoms with E-state index in [1.807, 2.05) is 37.1 Å². The molecule has 0 unspecified atom stereocenters. The van der Waals surface area contributed by atoms with Crippen molar-refractivity contribution in [2.24, 2.45) is 7.05 Å². The van der Waals surface area contributed by atoms with Crippen LogP contribution < -0.4 is 4.90 Å². The summed E-state index contributed by atoms with van der Waals surface area (Å²) in [5.41, 5.74) is 2.12. The molecule has 25 heavy (non-hydrogen) atoms. The maximum absolute atomic E-state index is 13.5. The number of halogens is 2. The van der Waals surface area contributed by atoms with E-state index in [1.54, 1.807) is 10.9 Å². The molecule has 0 amide bonds. The van der Waals surface area contributed by atoms with Crippen molar-refractivity contribution in [3.8, 4) is 11.5 Å². The van der Waals surface area contributed by atoms with Crippen molar-refractivity contribution in [1.82, 2.24) is 24.7 Å². The molecule has 0 spiro atoms. The molecule has 0 saturated carbocycles. The van der Waals surface area contributed by atoms with Gasteiger partial charge in [0.05, 0.1) is 11.1 Å². The molecule has 3 aromatic rings. The molecule has 3 aromatic heterocycles. The van der Waals surface area contributed by atoms with Crippen LogP contribution in [0.15, 0.2) is 24.4 Å². The molecule has 1 aliphatic rings. The van der Waals surface area contributed by atoms with Crippen molar-refractivity contribution in [2.45, 2.75) is 25.7 Å². The first kappa shape index (κ1) is 15.9. The summed E-state index contributed by atoms with van der Waals surface area (Å²) in [6.45, 7) is 2.40. The van der Waals surface area contributed by atoms with E-state index in [1.165, 1.54) is 0 Å². The molecule has 4 rings (SSSR count). The fourth-order valence-corrected chi connectivity index (χ4v) is 3.20. The first-order chi connectivity index (χ1) is 11.9. The van der Waals surface area contributed by atoms with Crippen LogP contribution in [-0.2, 0) is 7.05 Å². The molecular weight excluding hydrogens is 326 g/mol. The number of hydrogen-bond acceptors (Lipinski definition) is 5. The SMILES string of the molecule is Cc1nn(C)c2nc(-c3ccccn3)nc(N3CCC(F)(F)CC3)c12. The van der Waals surface area contributed by atoms with Crippen molar-refractivity contribution >= 4 is 16.9 Å². The van der Waals surface area contributed by atoms with Crippen molar-refractivity contribution in [2.75, 3.05) is 18.0 Å². The van der Waals surface area contributed by atoms with Gasteiger partial charge in [0, 0.05) is 39.2 Å². The van der Waals surface area contributed by atoms with Gasteiger partial charge in [0.2, 0.25) is 0 Å². The third-order valence-corrected chi connectivity index (χ3v) is 4.53. The number of hydrogen-bond donors (Lipinski definition) is 0. The molecule has 0 N–H and O–H groups in total. The Labute approximate surface area is 143 Å². The number of anilines is 1. The fourth-order valence-electron chi connectivity index (χ4n) is 3.20. The molecule has 1 aliphatic heterocycles. The minimum atomic E-state index is -2.60. The summed E-state index contributed by atoms with van der Waals surface area (Å²) < 4.78 is 28.8. The average molecular weight is 344 g/mol. The van der Waals surface area contributed by atoms with Crippen LogP contribution in [0.5, 0.6) is 0 Å². The highest BCUT2D eigenvalue weighted by molar-refractivity contribution is 5.91. The van der Waals surface area contributed by atoms with Crippen molar-refractivity contribution in [3.05, 3.63) is 30.1 Å². The normalized spacial score (nSPS) is 17.2. The van der Waals surface area contributed by atoms with Gasteiger partial charge in [-0.2, -0.15) is 5.10 Å². The largest absolute Gasteiger partial charge is 0.355 e. The second-order valence-corrected chi connectivity index (χ2v) is 6.34. The molecule has 0 bridgehead atoms. The third kappa shape index (κ3) is 2.81. The molecule has 6 nitrogen and oxygen atoms in total. The summed E-state index contributed by atoms with van der Waals surface area (Å²) in [4.78, 5) is 15.5. The zero-order valence-corrected chi connectivity index (χ0v) is 14.1. The second kappa shape index (κ2) is 5.72. The van der Waals surface area contributed by atoms with E-state index in [0.29, 0.717) is 23.0 Å². The molecular formula is C17H18F2N6. The maximum Gasteiger partial charge on any atom is 0.251 e. The molecule has 0 radical (unpaired) electrons. The van der Waals surface area contributed by atoms with Crippen LogP contribution in [0, 0.1) is 6.92 Å². The topological polar surface area (TPSA) is 59.7 Å². The van der Waals surface area contributed by atoms with E-state index < -0.39 is 5.92 Å². The van der Waals surface area contributed by atoms with Gasteiger partial charge in [-0.05, 0) is 19.1 Å². The lowest BCUT2D eigenvalue weighted by Gasteiger charge is -2.33. The van der Waals surface area contributed by atoms with Crippen LogP contribution in [0.3, 0.4) is 0 Å². The minimum Gasteiger partial charge on any atom is -0.355 e. The van der Waals surface area contributed by atoms with Gasteiger partial charge in [-0.3, -0.25) is 9.67 Å². The zero-order valence-electron chi connectivity index (χ0n) is 14.1. The Hall–Kier alpha value is -2.64. The van der Waals surface area contributed by atoms with Gasteiger partial charge in [-0.1, -0.05) is 6.07 Å². The van der Waals surface area contributed by atoms with E-state index in [-0.39, 0.29) is 25.9 Å². The number of rotatable bonds is 2. The Balaban J connectivity index is 1.87. The zero-order chi connectivity index (χ0) is 17.6. The van der Waals surface area contributed by atoms with Gasteiger partial charge in [0.15, 0.2) is 11.5 Å². The number of piperidine rings is 1. The molecule has 8 heteroatoms. The number of alkyl halides is 2. The summed E-state index contributed by atoms with van der Waals surface area (Å²) >= 11 is 0. The van der Waals surface area contributed by atoms with Crippen molar-refractivity contribution < 1.29 is 8.78 Å². The Morgan fingerprint density at radius 2 is 1.88 bits per heavy atom. The number of pyridine rings is 1. The predicted molar refractivity (Wildman–Crippen MR) is 90.7 cm³/mol. The van der Waals surface area contributed by atoms with E-state index in [4.69, 9.17) is 0 Å². The molecule has 1 fully saturated rings. The number of aromatic nitrogens is 5. The van der Waals surface area contributed by atoms with Gasteiger partial charge in [0.25, 0.3) is 5.92 Å². The van der Waals surface area contributed by atoms with E-state index in [2.05, 4.69) is 20.1 Å². The fraction of sp³-hybridized carbons (Fsp3) is 0.412. The first-order valence-corrected chi connectivity index (χ1v) is 8.20. The standard InChI is InChI=1S/C17H18F2N6/c1-11-13-15(24(2)23-11)21-14(12-5-3-4-8-20-12)22-16(13)25-9-6-17(18,19)7-10-25/h3-5,8H,6-7,9-10H2,1-2H3. The lowest BCUT2D eigenvalue weighted by atomic mass is 10.1. The lowest BCUT2D eigenvalue weighted by Crippen LogP contribution is -2.40. The summed E-state index contributed by atoms with van der Waals surface area (Å²) in [5, 5.41) is 5.24. The van der Waals surface area contributed by atoms with E-state index in [0.717, 1.165) is 11.1 Å². The number of aryl methyl sites for hydroxylation is 2.